The van der Waals surface area contributed by atoms with Gasteiger partial charge in [-0.3, -0.25) is 4.79 Å². The fourth-order valence-electron chi connectivity index (χ4n) is 3.45. The SMILES string of the molecule is COc1cc2c(cc1OC)[C@@H](c1ccc([NH+]([O-])O)cc1)N(C(C)=O)CC2. The molecule has 7 nitrogen and oxygen atoms in total. The van der Waals surface area contributed by atoms with Gasteiger partial charge in [0, 0.05) is 25.6 Å². The third-order valence-electron chi connectivity index (χ3n) is 4.75. The van der Waals surface area contributed by atoms with Crippen LogP contribution >= 0.6 is 0 Å². The van der Waals surface area contributed by atoms with E-state index in [2.05, 4.69) is 0 Å². The number of fused-ring (bicyclic) bond motifs is 1. The summed E-state index contributed by atoms with van der Waals surface area (Å²) in [4.78, 5) is 14.0. The Kier molecular flexibility index (Phi) is 5.13. The van der Waals surface area contributed by atoms with Crippen LogP contribution in [0.4, 0.5) is 5.69 Å². The third kappa shape index (κ3) is 3.24. The Labute approximate surface area is 151 Å². The number of hydrogen-bond acceptors (Lipinski definition) is 5. The maximum Gasteiger partial charge on any atom is 0.220 e. The van der Waals surface area contributed by atoms with Gasteiger partial charge in [-0.15, -0.1) is 0 Å². The van der Waals surface area contributed by atoms with Crippen LogP contribution in [0.2, 0.25) is 0 Å². The van der Waals surface area contributed by atoms with E-state index in [0.29, 0.717) is 18.0 Å². The zero-order valence-corrected chi connectivity index (χ0v) is 15.0. The minimum Gasteiger partial charge on any atom is -0.595 e. The number of nitrogens with zero attached hydrogens (tertiary/aromatic N) is 1. The van der Waals surface area contributed by atoms with Crippen LogP contribution in [0.15, 0.2) is 36.4 Å². The molecule has 1 heterocycles. The first-order valence-corrected chi connectivity index (χ1v) is 8.31. The van der Waals surface area contributed by atoms with Gasteiger partial charge in [-0.2, -0.15) is 5.23 Å². The van der Waals surface area contributed by atoms with Crippen molar-refractivity contribution in [2.24, 2.45) is 0 Å². The number of benzene rings is 2. The Balaban J connectivity index is 2.12. The van der Waals surface area contributed by atoms with Crippen molar-refractivity contribution in [3.05, 3.63) is 58.3 Å². The molecule has 2 aromatic carbocycles. The van der Waals surface area contributed by atoms with Crippen molar-refractivity contribution in [1.29, 1.82) is 0 Å². The van der Waals surface area contributed by atoms with E-state index in [9.17, 15) is 10.0 Å². The Morgan fingerprint density at radius 2 is 1.81 bits per heavy atom. The van der Waals surface area contributed by atoms with Crippen LogP contribution in [-0.2, 0) is 11.2 Å². The van der Waals surface area contributed by atoms with Crippen LogP contribution in [0.1, 0.15) is 29.7 Å². The van der Waals surface area contributed by atoms with Gasteiger partial charge in [0.05, 0.1) is 20.3 Å². The molecule has 7 heteroatoms. The fraction of sp³-hybridized carbons (Fsp3) is 0.316. The number of carbonyl (C=O) groups is 1. The molecule has 2 atom stereocenters. The van der Waals surface area contributed by atoms with E-state index in [1.807, 2.05) is 12.1 Å². The van der Waals surface area contributed by atoms with E-state index in [1.54, 1.807) is 50.3 Å². The number of ether oxygens (including phenoxy) is 2. The highest BCUT2D eigenvalue weighted by molar-refractivity contribution is 5.75. The van der Waals surface area contributed by atoms with Crippen LogP contribution in [0.3, 0.4) is 0 Å². The quantitative estimate of drug-likeness (QED) is 0.811. The van der Waals surface area contributed by atoms with Crippen LogP contribution in [0.5, 0.6) is 11.5 Å². The standard InChI is InChI=1S/C19H22N2O5/c1-12(22)20-9-8-14-10-17(25-2)18(26-3)11-16(14)19(20)13-4-6-15(7-5-13)21(23)24/h4-7,10-11,19,21,23H,8-9H2,1-3H3/t19-/m1/s1. The van der Waals surface area contributed by atoms with E-state index < -0.39 is 5.23 Å². The van der Waals surface area contributed by atoms with Gasteiger partial charge < -0.3 is 19.6 Å². The summed E-state index contributed by atoms with van der Waals surface area (Å²) in [6.07, 6.45) is 0.721. The molecule has 0 fully saturated rings. The number of methoxy groups -OCH3 is 2. The van der Waals surface area contributed by atoms with Crippen LogP contribution in [0, 0.1) is 5.21 Å². The highest BCUT2D eigenvalue weighted by atomic mass is 16.8. The maximum atomic E-state index is 12.2. The molecule has 2 aromatic rings. The molecule has 0 radical (unpaired) electrons. The van der Waals surface area contributed by atoms with Crippen LogP contribution in [-0.4, -0.2) is 36.8 Å². The lowest BCUT2D eigenvalue weighted by molar-refractivity contribution is -0.991. The maximum absolute atomic E-state index is 12.2. The van der Waals surface area contributed by atoms with Crippen molar-refractivity contribution >= 4 is 11.6 Å². The molecule has 0 aliphatic carbocycles. The molecular formula is C19H22N2O5. The monoisotopic (exact) mass is 358 g/mol. The van der Waals surface area contributed by atoms with Gasteiger partial charge in [0.1, 0.15) is 0 Å². The number of rotatable bonds is 4. The zero-order chi connectivity index (χ0) is 18.8. The Bertz CT molecular complexity index is 804. The van der Waals surface area contributed by atoms with Crippen LogP contribution < -0.4 is 14.7 Å². The summed E-state index contributed by atoms with van der Waals surface area (Å²) in [6, 6.07) is 10.2. The lowest BCUT2D eigenvalue weighted by Crippen LogP contribution is -2.99. The Hall–Kier alpha value is -2.61. The van der Waals surface area contributed by atoms with Crippen LogP contribution in [0.25, 0.3) is 0 Å². The summed E-state index contributed by atoms with van der Waals surface area (Å²) in [5, 5.41) is 19.3. The summed E-state index contributed by atoms with van der Waals surface area (Å²) >= 11 is 0. The van der Waals surface area contributed by atoms with E-state index in [-0.39, 0.29) is 17.6 Å². The van der Waals surface area contributed by atoms with E-state index in [1.165, 1.54) is 0 Å². The van der Waals surface area contributed by atoms with Crippen molar-refractivity contribution in [2.45, 2.75) is 19.4 Å². The average Bonchev–Trinajstić information content (AvgIpc) is 2.65. The lowest BCUT2D eigenvalue weighted by atomic mass is 9.87. The summed E-state index contributed by atoms with van der Waals surface area (Å²) in [6.45, 7) is 2.13. The van der Waals surface area contributed by atoms with Gasteiger partial charge in [-0.25, -0.2) is 5.21 Å². The molecule has 0 saturated heterocycles. The first-order chi connectivity index (χ1) is 12.5. The minimum absolute atomic E-state index is 0.0299. The fourth-order valence-corrected chi connectivity index (χ4v) is 3.45. The number of amides is 1. The topological polar surface area (TPSA) is 86.5 Å². The second-order valence-electron chi connectivity index (χ2n) is 6.20. The zero-order valence-electron chi connectivity index (χ0n) is 15.0. The van der Waals surface area contributed by atoms with Crippen molar-refractivity contribution in [3.63, 3.8) is 0 Å². The molecular weight excluding hydrogens is 336 g/mol. The highest BCUT2D eigenvalue weighted by Gasteiger charge is 2.32. The predicted molar refractivity (Wildman–Crippen MR) is 94.7 cm³/mol. The molecule has 1 amide bonds. The van der Waals surface area contributed by atoms with E-state index in [4.69, 9.17) is 14.7 Å². The first-order valence-electron chi connectivity index (χ1n) is 8.31. The molecule has 0 bridgehead atoms. The molecule has 0 aromatic heterocycles. The van der Waals surface area contributed by atoms with Crippen molar-refractivity contribution in [2.75, 3.05) is 20.8 Å². The Morgan fingerprint density at radius 3 is 2.35 bits per heavy atom. The molecule has 2 N–H and O–H groups in total. The van der Waals surface area contributed by atoms with Crippen molar-refractivity contribution in [3.8, 4) is 11.5 Å². The number of nitrogens with one attached hydrogen (secondary N) is 1. The normalized spacial score (nSPS) is 17.4. The molecule has 138 valence electrons. The second-order valence-corrected chi connectivity index (χ2v) is 6.20. The molecule has 3 rings (SSSR count). The largest absolute Gasteiger partial charge is 0.595 e. The average molecular weight is 358 g/mol. The summed E-state index contributed by atoms with van der Waals surface area (Å²) in [7, 11) is 3.17. The minimum atomic E-state index is -0.976. The molecule has 1 aliphatic rings. The van der Waals surface area contributed by atoms with Crippen molar-refractivity contribution in [1.82, 2.24) is 4.90 Å². The van der Waals surface area contributed by atoms with Gasteiger partial charge >= 0.3 is 0 Å². The smallest absolute Gasteiger partial charge is 0.220 e. The third-order valence-corrected chi connectivity index (χ3v) is 4.75. The first kappa shape index (κ1) is 18.2. The molecule has 1 unspecified atom stereocenters. The highest BCUT2D eigenvalue weighted by Crippen LogP contribution is 2.41. The van der Waals surface area contributed by atoms with Gasteiger partial charge in [0.15, 0.2) is 17.2 Å². The summed E-state index contributed by atoms with van der Waals surface area (Å²) < 4.78 is 10.8. The second kappa shape index (κ2) is 7.33. The van der Waals surface area contributed by atoms with E-state index >= 15 is 0 Å². The lowest BCUT2D eigenvalue weighted by Gasteiger charge is -2.37. The van der Waals surface area contributed by atoms with Gasteiger partial charge in [0.25, 0.3) is 0 Å². The predicted octanol–water partition coefficient (Wildman–Crippen LogP) is 1.60. The summed E-state index contributed by atoms with van der Waals surface area (Å²) in [5.74, 6) is 1.23. The molecule has 0 saturated carbocycles. The summed E-state index contributed by atoms with van der Waals surface area (Å²) in [5.41, 5.74) is 3.13. The van der Waals surface area contributed by atoms with Crippen molar-refractivity contribution < 1.29 is 24.7 Å². The van der Waals surface area contributed by atoms with Gasteiger partial charge in [-0.05, 0) is 35.2 Å². The number of carbonyl (C=O) groups excluding carboxylic acids is 1. The molecule has 0 spiro atoms. The molecule has 1 aliphatic heterocycles. The van der Waals surface area contributed by atoms with E-state index in [0.717, 1.165) is 23.1 Å². The van der Waals surface area contributed by atoms with Gasteiger partial charge in [-0.1, -0.05) is 12.1 Å². The number of hydrogen-bond donors (Lipinski definition) is 2. The van der Waals surface area contributed by atoms with Gasteiger partial charge in [0.2, 0.25) is 5.91 Å². The molecule has 26 heavy (non-hydrogen) atoms. The number of quaternary nitrogens is 1. The Morgan fingerprint density at radius 1 is 1.19 bits per heavy atom.